The monoisotopic (exact) mass is 551 g/mol. The molecule has 1 atom stereocenters. The van der Waals surface area contributed by atoms with Crippen molar-refractivity contribution in [3.63, 3.8) is 0 Å². The van der Waals surface area contributed by atoms with E-state index in [1.54, 1.807) is 32.2 Å². The number of methoxy groups -OCH3 is 1. The molecule has 3 aromatic rings. The fourth-order valence-electron chi connectivity index (χ4n) is 4.40. The zero-order valence-electron chi connectivity index (χ0n) is 23.2. The number of nitrogens with zero attached hydrogens (tertiary/aromatic N) is 2. The summed E-state index contributed by atoms with van der Waals surface area (Å²) < 4.78 is 32.4. The Hall–Kier alpha value is -3.85. The molecule has 1 N–H and O–H groups in total. The van der Waals surface area contributed by atoms with E-state index in [1.165, 1.54) is 4.90 Å². The molecule has 8 nitrogen and oxygen atoms in total. The van der Waals surface area contributed by atoms with Crippen molar-refractivity contribution in [2.75, 3.05) is 30.8 Å². The Kier molecular flexibility index (Phi) is 10.1. The molecule has 0 aliphatic rings. The van der Waals surface area contributed by atoms with Crippen LogP contribution < -0.4 is 14.4 Å². The third-order valence-corrected chi connectivity index (χ3v) is 7.55. The maximum atomic E-state index is 14.1. The standard InChI is InChI=1S/C30H37N3O5S/c1-6-31-30(35)28(19-24-11-8-7-9-12-24)32(20-25-13-10-14-26(18-25)38-4)29(34)21-33(39(5,36)37)27-17-22(2)15-16-23(27)3/h7-18,28H,6,19-21H2,1-5H3,(H,31,35)/t28-/m0/s1. The minimum Gasteiger partial charge on any atom is -0.497 e. The van der Waals surface area contributed by atoms with Gasteiger partial charge in [-0.15, -0.1) is 0 Å². The van der Waals surface area contributed by atoms with Crippen LogP contribution in [0, 0.1) is 13.8 Å². The number of sulfonamides is 1. The molecule has 0 aliphatic heterocycles. The molecule has 9 heteroatoms. The van der Waals surface area contributed by atoms with Crippen LogP contribution in [0.1, 0.15) is 29.2 Å². The minimum absolute atomic E-state index is 0.0923. The smallest absolute Gasteiger partial charge is 0.244 e. The molecule has 0 spiro atoms. The second kappa shape index (κ2) is 13.3. The number of rotatable bonds is 12. The number of ether oxygens (including phenoxy) is 1. The summed E-state index contributed by atoms with van der Waals surface area (Å²) >= 11 is 0. The highest BCUT2D eigenvalue weighted by molar-refractivity contribution is 7.92. The Bertz CT molecular complexity index is 1390. The van der Waals surface area contributed by atoms with E-state index in [4.69, 9.17) is 4.74 Å². The lowest BCUT2D eigenvalue weighted by Crippen LogP contribution is -2.53. The largest absolute Gasteiger partial charge is 0.497 e. The molecule has 0 aromatic heterocycles. The SMILES string of the molecule is CCNC(=O)[C@H](Cc1ccccc1)N(Cc1cccc(OC)c1)C(=O)CN(c1cc(C)ccc1C)S(C)(=O)=O. The normalized spacial score (nSPS) is 11.9. The maximum Gasteiger partial charge on any atom is 0.244 e. The molecule has 0 saturated carbocycles. The molecule has 0 fully saturated rings. The second-order valence-corrected chi connectivity index (χ2v) is 11.4. The molecular weight excluding hydrogens is 514 g/mol. The van der Waals surface area contributed by atoms with Gasteiger partial charge < -0.3 is 15.0 Å². The Morgan fingerprint density at radius 1 is 0.949 bits per heavy atom. The van der Waals surface area contributed by atoms with E-state index in [2.05, 4.69) is 5.32 Å². The van der Waals surface area contributed by atoms with Gasteiger partial charge in [-0.25, -0.2) is 8.42 Å². The number of anilines is 1. The zero-order valence-corrected chi connectivity index (χ0v) is 24.0. The number of amides is 2. The van der Waals surface area contributed by atoms with Gasteiger partial charge in [-0.05, 0) is 61.2 Å². The van der Waals surface area contributed by atoms with Crippen molar-refractivity contribution in [1.29, 1.82) is 0 Å². The first kappa shape index (κ1) is 29.7. The molecule has 0 radical (unpaired) electrons. The van der Waals surface area contributed by atoms with Gasteiger partial charge in [0.15, 0.2) is 0 Å². The van der Waals surface area contributed by atoms with Crippen molar-refractivity contribution in [2.45, 2.75) is 39.8 Å². The highest BCUT2D eigenvalue weighted by Gasteiger charge is 2.33. The van der Waals surface area contributed by atoms with E-state index in [-0.39, 0.29) is 18.9 Å². The van der Waals surface area contributed by atoms with Crippen LogP contribution in [0.25, 0.3) is 0 Å². The molecule has 0 unspecified atom stereocenters. The number of hydrogen-bond donors (Lipinski definition) is 1. The lowest BCUT2D eigenvalue weighted by molar-refractivity contribution is -0.140. The van der Waals surface area contributed by atoms with Crippen LogP contribution in [0.3, 0.4) is 0 Å². The highest BCUT2D eigenvalue weighted by atomic mass is 32.2. The molecule has 3 aromatic carbocycles. The predicted octanol–water partition coefficient (Wildman–Crippen LogP) is 3.85. The number of hydrogen-bond acceptors (Lipinski definition) is 5. The predicted molar refractivity (Wildman–Crippen MR) is 154 cm³/mol. The van der Waals surface area contributed by atoms with Gasteiger partial charge in [0.1, 0.15) is 18.3 Å². The summed E-state index contributed by atoms with van der Waals surface area (Å²) in [6, 6.07) is 21.3. The van der Waals surface area contributed by atoms with Gasteiger partial charge >= 0.3 is 0 Å². The highest BCUT2D eigenvalue weighted by Crippen LogP contribution is 2.25. The molecule has 39 heavy (non-hydrogen) atoms. The van der Waals surface area contributed by atoms with Gasteiger partial charge in [0.2, 0.25) is 21.8 Å². The van der Waals surface area contributed by atoms with Crippen LogP contribution in [0.2, 0.25) is 0 Å². The van der Waals surface area contributed by atoms with Crippen molar-refractivity contribution < 1.29 is 22.7 Å². The lowest BCUT2D eigenvalue weighted by Gasteiger charge is -2.33. The third kappa shape index (κ3) is 8.07. The maximum absolute atomic E-state index is 14.1. The number of carbonyl (C=O) groups excluding carboxylic acids is 2. The summed E-state index contributed by atoms with van der Waals surface area (Å²) in [4.78, 5) is 28.9. The summed E-state index contributed by atoms with van der Waals surface area (Å²) in [5.41, 5.74) is 3.66. The van der Waals surface area contributed by atoms with Gasteiger partial charge in [-0.3, -0.25) is 13.9 Å². The quantitative estimate of drug-likeness (QED) is 0.369. The molecule has 2 amide bonds. The minimum atomic E-state index is -3.82. The van der Waals surface area contributed by atoms with Crippen molar-refractivity contribution in [3.05, 3.63) is 95.1 Å². The summed E-state index contributed by atoms with van der Waals surface area (Å²) in [6.45, 7) is 5.53. The molecule has 3 rings (SSSR count). The number of aryl methyl sites for hydroxylation is 2. The number of carbonyl (C=O) groups is 2. The van der Waals surface area contributed by atoms with E-state index >= 15 is 0 Å². The van der Waals surface area contributed by atoms with E-state index in [9.17, 15) is 18.0 Å². The number of nitrogens with one attached hydrogen (secondary N) is 1. The molecule has 0 saturated heterocycles. The van der Waals surface area contributed by atoms with Crippen LogP contribution in [0.5, 0.6) is 5.75 Å². The van der Waals surface area contributed by atoms with Crippen LogP contribution in [0.4, 0.5) is 5.69 Å². The Morgan fingerprint density at radius 3 is 2.28 bits per heavy atom. The van der Waals surface area contributed by atoms with E-state index < -0.39 is 28.5 Å². The van der Waals surface area contributed by atoms with Crippen molar-refractivity contribution in [3.8, 4) is 5.75 Å². The first-order valence-corrected chi connectivity index (χ1v) is 14.7. The van der Waals surface area contributed by atoms with E-state index in [0.717, 1.165) is 32.8 Å². The van der Waals surface area contributed by atoms with Crippen molar-refractivity contribution in [1.82, 2.24) is 10.2 Å². The topological polar surface area (TPSA) is 96.0 Å². The van der Waals surface area contributed by atoms with Gasteiger partial charge in [-0.1, -0.05) is 54.6 Å². The first-order valence-electron chi connectivity index (χ1n) is 12.8. The average molecular weight is 552 g/mol. The van der Waals surface area contributed by atoms with Gasteiger partial charge in [0, 0.05) is 19.5 Å². The van der Waals surface area contributed by atoms with E-state index in [1.807, 2.05) is 68.4 Å². The number of benzene rings is 3. The Morgan fingerprint density at radius 2 is 1.64 bits per heavy atom. The summed E-state index contributed by atoms with van der Waals surface area (Å²) in [5, 5.41) is 2.85. The fourth-order valence-corrected chi connectivity index (χ4v) is 5.30. The molecule has 0 aliphatic carbocycles. The molecule has 0 bridgehead atoms. The Labute approximate surface area is 231 Å². The zero-order chi connectivity index (χ0) is 28.6. The second-order valence-electron chi connectivity index (χ2n) is 9.53. The van der Waals surface area contributed by atoms with Gasteiger partial charge in [-0.2, -0.15) is 0 Å². The van der Waals surface area contributed by atoms with Crippen molar-refractivity contribution >= 4 is 27.5 Å². The number of likely N-dealkylation sites (N-methyl/N-ethyl adjacent to an activating group) is 1. The fraction of sp³-hybridized carbons (Fsp3) is 0.333. The third-order valence-electron chi connectivity index (χ3n) is 6.42. The first-order chi connectivity index (χ1) is 18.5. The average Bonchev–Trinajstić information content (AvgIpc) is 2.90. The van der Waals surface area contributed by atoms with Crippen LogP contribution in [-0.4, -0.2) is 57.6 Å². The van der Waals surface area contributed by atoms with Crippen LogP contribution >= 0.6 is 0 Å². The summed E-state index contributed by atoms with van der Waals surface area (Å²) in [7, 11) is -2.26. The van der Waals surface area contributed by atoms with Gasteiger partial charge in [0.25, 0.3) is 0 Å². The molecule has 0 heterocycles. The van der Waals surface area contributed by atoms with Gasteiger partial charge in [0.05, 0.1) is 19.1 Å². The Balaban J connectivity index is 2.08. The summed E-state index contributed by atoms with van der Waals surface area (Å²) in [6.07, 6.45) is 1.35. The van der Waals surface area contributed by atoms with E-state index in [0.29, 0.717) is 18.0 Å². The summed E-state index contributed by atoms with van der Waals surface area (Å²) in [5.74, 6) is -0.183. The van der Waals surface area contributed by atoms with Crippen molar-refractivity contribution in [2.24, 2.45) is 0 Å². The van der Waals surface area contributed by atoms with Crippen LogP contribution in [0.15, 0.2) is 72.8 Å². The lowest BCUT2D eigenvalue weighted by atomic mass is 10.0. The molecular formula is C30H37N3O5S. The molecule has 208 valence electrons. The van der Waals surface area contributed by atoms with Crippen LogP contribution in [-0.2, 0) is 32.6 Å².